The predicted molar refractivity (Wildman–Crippen MR) is 83.0 cm³/mol. The summed E-state index contributed by atoms with van der Waals surface area (Å²) in [7, 11) is 0. The van der Waals surface area contributed by atoms with Crippen LogP contribution in [0, 0.1) is 5.92 Å². The van der Waals surface area contributed by atoms with Crippen molar-refractivity contribution in [3.05, 3.63) is 35.4 Å². The molecular formula is C16H21NO2S. The Kier molecular flexibility index (Phi) is 4.86. The Morgan fingerprint density at radius 3 is 2.40 bits per heavy atom. The minimum atomic E-state index is -0.259. The van der Waals surface area contributed by atoms with Crippen molar-refractivity contribution in [2.75, 3.05) is 12.3 Å². The topological polar surface area (TPSA) is 37.4 Å². The second-order valence-corrected chi connectivity index (χ2v) is 6.71. The molecule has 0 N–H and O–H groups in total. The van der Waals surface area contributed by atoms with Crippen molar-refractivity contribution >= 4 is 22.9 Å². The lowest BCUT2D eigenvalue weighted by Gasteiger charge is -2.18. The Bertz CT molecular complexity index is 496. The first-order valence-corrected chi connectivity index (χ1v) is 8.04. The maximum absolute atomic E-state index is 12.3. The highest BCUT2D eigenvalue weighted by Crippen LogP contribution is 2.25. The van der Waals surface area contributed by atoms with Crippen LogP contribution in [0.1, 0.15) is 37.8 Å². The zero-order chi connectivity index (χ0) is 14.7. The quantitative estimate of drug-likeness (QED) is 0.849. The van der Waals surface area contributed by atoms with Gasteiger partial charge in [-0.15, -0.1) is 0 Å². The van der Waals surface area contributed by atoms with Crippen LogP contribution < -0.4 is 0 Å². The summed E-state index contributed by atoms with van der Waals surface area (Å²) < 4.78 is 0. The first-order valence-electron chi connectivity index (χ1n) is 7.06. The van der Waals surface area contributed by atoms with Gasteiger partial charge in [-0.1, -0.05) is 49.9 Å². The van der Waals surface area contributed by atoms with Gasteiger partial charge >= 0.3 is 0 Å². The molecule has 1 aromatic carbocycles. The summed E-state index contributed by atoms with van der Waals surface area (Å²) in [6, 6.07) is 8.18. The average Bonchev–Trinajstić information content (AvgIpc) is 2.83. The molecule has 108 valence electrons. The second-order valence-electron chi connectivity index (χ2n) is 5.67. The van der Waals surface area contributed by atoms with Crippen LogP contribution >= 0.6 is 11.8 Å². The van der Waals surface area contributed by atoms with Gasteiger partial charge in [-0.2, -0.15) is 0 Å². The minimum absolute atomic E-state index is 0.0865. The van der Waals surface area contributed by atoms with Crippen molar-refractivity contribution < 1.29 is 9.59 Å². The third kappa shape index (κ3) is 3.42. The van der Waals surface area contributed by atoms with E-state index in [0.717, 1.165) is 12.0 Å². The first kappa shape index (κ1) is 15.1. The number of benzene rings is 1. The first-order chi connectivity index (χ1) is 9.49. The molecule has 1 atom stereocenters. The van der Waals surface area contributed by atoms with E-state index in [9.17, 15) is 9.59 Å². The molecule has 1 aliphatic rings. The smallest absolute Gasteiger partial charge is 0.274 e. The molecular weight excluding hydrogens is 270 g/mol. The molecule has 1 saturated heterocycles. The largest absolute Gasteiger partial charge is 0.288 e. The third-order valence-corrected chi connectivity index (χ3v) is 4.37. The molecule has 0 radical (unpaired) electrons. The summed E-state index contributed by atoms with van der Waals surface area (Å²) >= 11 is 1.22. The van der Waals surface area contributed by atoms with E-state index in [2.05, 4.69) is 26.0 Å². The molecule has 20 heavy (non-hydrogen) atoms. The molecule has 1 aliphatic heterocycles. The van der Waals surface area contributed by atoms with Crippen LogP contribution in [0.3, 0.4) is 0 Å². The monoisotopic (exact) mass is 291 g/mol. The molecule has 0 bridgehead atoms. The van der Waals surface area contributed by atoms with Crippen LogP contribution in [0.5, 0.6) is 0 Å². The van der Waals surface area contributed by atoms with E-state index in [4.69, 9.17) is 0 Å². The number of rotatable bonds is 4. The van der Waals surface area contributed by atoms with Crippen molar-refractivity contribution in [3.63, 3.8) is 0 Å². The van der Waals surface area contributed by atoms with Crippen molar-refractivity contribution in [1.82, 2.24) is 4.90 Å². The van der Waals surface area contributed by atoms with Crippen molar-refractivity contribution in [2.45, 2.75) is 33.1 Å². The molecule has 3 nitrogen and oxygen atoms in total. The summed E-state index contributed by atoms with van der Waals surface area (Å²) in [6.45, 7) is 6.79. The summed E-state index contributed by atoms with van der Waals surface area (Å²) in [5.41, 5.74) is 2.27. The highest BCUT2D eigenvalue weighted by atomic mass is 32.2. The normalized spacial score (nSPS) is 16.8. The van der Waals surface area contributed by atoms with Crippen LogP contribution in [0.4, 0.5) is 4.79 Å². The molecule has 1 aromatic rings. The van der Waals surface area contributed by atoms with Gasteiger partial charge in [-0.3, -0.25) is 14.5 Å². The lowest BCUT2D eigenvalue weighted by Crippen LogP contribution is -2.34. The van der Waals surface area contributed by atoms with Gasteiger partial charge in [0.2, 0.25) is 5.91 Å². The maximum Gasteiger partial charge on any atom is 0.288 e. The molecule has 4 heteroatoms. The predicted octanol–water partition coefficient (Wildman–Crippen LogP) is 3.68. The van der Waals surface area contributed by atoms with Gasteiger partial charge in [-0.25, -0.2) is 0 Å². The molecule has 2 rings (SSSR count). The summed E-state index contributed by atoms with van der Waals surface area (Å²) in [6.07, 6.45) is 1.05. The molecule has 1 fully saturated rings. The Hall–Kier alpha value is -1.29. The number of imide groups is 1. The van der Waals surface area contributed by atoms with Gasteiger partial charge in [0.05, 0.1) is 5.92 Å². The summed E-state index contributed by atoms with van der Waals surface area (Å²) in [5, 5.41) is -0.113. The second kappa shape index (κ2) is 6.44. The van der Waals surface area contributed by atoms with E-state index in [-0.39, 0.29) is 17.1 Å². The van der Waals surface area contributed by atoms with E-state index in [1.807, 2.05) is 19.1 Å². The Labute approximate surface area is 124 Å². The van der Waals surface area contributed by atoms with Crippen LogP contribution in [-0.2, 0) is 11.2 Å². The highest BCUT2D eigenvalue weighted by molar-refractivity contribution is 8.13. The Balaban J connectivity index is 2.06. The van der Waals surface area contributed by atoms with E-state index in [1.165, 1.54) is 22.2 Å². The average molecular weight is 291 g/mol. The van der Waals surface area contributed by atoms with E-state index in [0.29, 0.717) is 18.2 Å². The van der Waals surface area contributed by atoms with Gasteiger partial charge in [-0.05, 0) is 30.4 Å². The Morgan fingerprint density at radius 1 is 1.25 bits per heavy atom. The molecule has 0 aromatic heterocycles. The van der Waals surface area contributed by atoms with Crippen LogP contribution in [-0.4, -0.2) is 28.3 Å². The zero-order valence-corrected chi connectivity index (χ0v) is 13.1. The number of carbonyl (C=O) groups is 2. The summed E-state index contributed by atoms with van der Waals surface area (Å²) in [5.74, 6) is 0.992. The molecule has 2 amide bonds. The van der Waals surface area contributed by atoms with Crippen LogP contribution in [0.15, 0.2) is 24.3 Å². The van der Waals surface area contributed by atoms with Crippen molar-refractivity contribution in [2.24, 2.45) is 5.92 Å². The standard InChI is InChI=1S/C16H21NO2S/c1-11(2)10-13-4-6-14(7-5-13)12(3)15(18)17-8-9-20-16(17)19/h4-7,11-12H,8-10H2,1-3H3. The van der Waals surface area contributed by atoms with E-state index < -0.39 is 0 Å². The number of thioether (sulfide) groups is 1. The fourth-order valence-corrected chi connectivity index (χ4v) is 3.17. The molecule has 1 unspecified atom stereocenters. The number of amides is 2. The van der Waals surface area contributed by atoms with Crippen LogP contribution in [0.2, 0.25) is 0 Å². The minimum Gasteiger partial charge on any atom is -0.274 e. The maximum atomic E-state index is 12.3. The zero-order valence-electron chi connectivity index (χ0n) is 12.3. The molecule has 0 saturated carbocycles. The fourth-order valence-electron chi connectivity index (χ4n) is 2.38. The summed E-state index contributed by atoms with van der Waals surface area (Å²) in [4.78, 5) is 25.3. The fraction of sp³-hybridized carbons (Fsp3) is 0.500. The third-order valence-electron chi connectivity index (χ3n) is 3.52. The van der Waals surface area contributed by atoms with Gasteiger partial charge in [0.25, 0.3) is 5.24 Å². The number of hydrogen-bond donors (Lipinski definition) is 0. The van der Waals surface area contributed by atoms with Gasteiger partial charge in [0.15, 0.2) is 0 Å². The number of hydrogen-bond acceptors (Lipinski definition) is 3. The molecule has 0 aliphatic carbocycles. The van der Waals surface area contributed by atoms with Crippen molar-refractivity contribution in [3.8, 4) is 0 Å². The lowest BCUT2D eigenvalue weighted by atomic mass is 9.96. The highest BCUT2D eigenvalue weighted by Gasteiger charge is 2.31. The number of nitrogens with zero attached hydrogens (tertiary/aromatic N) is 1. The van der Waals surface area contributed by atoms with Gasteiger partial charge < -0.3 is 0 Å². The SMILES string of the molecule is CC(C)Cc1ccc(C(C)C(=O)N2CCSC2=O)cc1. The van der Waals surface area contributed by atoms with E-state index in [1.54, 1.807) is 0 Å². The van der Waals surface area contributed by atoms with Gasteiger partial charge in [0.1, 0.15) is 0 Å². The van der Waals surface area contributed by atoms with Crippen LogP contribution in [0.25, 0.3) is 0 Å². The number of carbonyl (C=O) groups excluding carboxylic acids is 2. The Morgan fingerprint density at radius 2 is 1.90 bits per heavy atom. The van der Waals surface area contributed by atoms with Crippen molar-refractivity contribution in [1.29, 1.82) is 0 Å². The van der Waals surface area contributed by atoms with Gasteiger partial charge in [0, 0.05) is 12.3 Å². The molecule has 0 spiro atoms. The lowest BCUT2D eigenvalue weighted by molar-refractivity contribution is -0.128. The molecule has 1 heterocycles. The van der Waals surface area contributed by atoms with E-state index >= 15 is 0 Å².